The lowest BCUT2D eigenvalue weighted by Crippen LogP contribution is -2.52. The number of carbonyl (C=O) groups is 1. The Morgan fingerprint density at radius 2 is 1.72 bits per heavy atom. The van der Waals surface area contributed by atoms with Crippen LogP contribution in [0.5, 0.6) is 5.75 Å². The van der Waals surface area contributed by atoms with E-state index in [9.17, 15) is 13.2 Å². The van der Waals surface area contributed by atoms with E-state index in [4.69, 9.17) is 16.3 Å². The molecule has 164 valence electrons. The molecule has 0 fully saturated rings. The number of fused-ring (bicyclic) bond motifs is 2. The summed E-state index contributed by atoms with van der Waals surface area (Å²) in [5.41, 5.74) is 2.28. The van der Waals surface area contributed by atoms with Crippen molar-refractivity contribution in [2.45, 2.75) is 23.8 Å². The Morgan fingerprint density at radius 1 is 0.969 bits per heavy atom. The SMILES string of the molecule is O=C([C@@H]1CN(S(=O)(=O)c2ccccc2)c2cc(Cl)ccc2O1)N1CCCc2ccccc21. The maximum atomic E-state index is 13.6. The van der Waals surface area contributed by atoms with Crippen LogP contribution in [0.15, 0.2) is 77.7 Å². The molecule has 2 heterocycles. The number of amides is 1. The fraction of sp³-hybridized carbons (Fsp3) is 0.208. The molecule has 1 amide bonds. The average molecular weight is 469 g/mol. The van der Waals surface area contributed by atoms with Crippen LogP contribution in [0.1, 0.15) is 12.0 Å². The maximum absolute atomic E-state index is 13.6. The number of ether oxygens (including phenoxy) is 1. The normalized spacial score (nSPS) is 17.8. The molecule has 0 unspecified atom stereocenters. The summed E-state index contributed by atoms with van der Waals surface area (Å²) in [6.45, 7) is 0.427. The van der Waals surface area contributed by atoms with Crippen LogP contribution in [0, 0.1) is 0 Å². The summed E-state index contributed by atoms with van der Waals surface area (Å²) < 4.78 is 34.3. The minimum atomic E-state index is -3.93. The number of aryl methyl sites for hydroxylation is 1. The number of para-hydroxylation sites is 1. The van der Waals surface area contributed by atoms with Gasteiger partial charge in [-0.3, -0.25) is 9.10 Å². The van der Waals surface area contributed by atoms with Gasteiger partial charge in [-0.1, -0.05) is 48.0 Å². The van der Waals surface area contributed by atoms with Gasteiger partial charge in [-0.2, -0.15) is 0 Å². The number of rotatable bonds is 3. The highest BCUT2D eigenvalue weighted by Crippen LogP contribution is 2.39. The van der Waals surface area contributed by atoms with E-state index in [0.717, 1.165) is 24.1 Å². The second-order valence-electron chi connectivity index (χ2n) is 7.79. The van der Waals surface area contributed by atoms with Crippen molar-refractivity contribution < 1.29 is 17.9 Å². The second-order valence-corrected chi connectivity index (χ2v) is 10.1. The number of hydrogen-bond acceptors (Lipinski definition) is 4. The van der Waals surface area contributed by atoms with E-state index in [1.165, 1.54) is 16.4 Å². The molecule has 2 aliphatic heterocycles. The van der Waals surface area contributed by atoms with Gasteiger partial charge in [-0.25, -0.2) is 8.42 Å². The smallest absolute Gasteiger partial charge is 0.269 e. The minimum absolute atomic E-state index is 0.137. The lowest BCUT2D eigenvalue weighted by Gasteiger charge is -2.38. The van der Waals surface area contributed by atoms with Crippen LogP contribution in [0.4, 0.5) is 11.4 Å². The van der Waals surface area contributed by atoms with Crippen molar-refractivity contribution in [2.75, 3.05) is 22.3 Å². The summed E-state index contributed by atoms with van der Waals surface area (Å²) in [6.07, 6.45) is 0.767. The van der Waals surface area contributed by atoms with Crippen LogP contribution in [-0.4, -0.2) is 33.5 Å². The molecule has 0 aliphatic carbocycles. The Balaban J connectivity index is 1.54. The van der Waals surface area contributed by atoms with E-state index in [1.807, 2.05) is 24.3 Å². The molecule has 5 rings (SSSR count). The van der Waals surface area contributed by atoms with Crippen LogP contribution in [-0.2, 0) is 21.2 Å². The maximum Gasteiger partial charge on any atom is 0.269 e. The molecule has 2 aliphatic rings. The van der Waals surface area contributed by atoms with Gasteiger partial charge in [0.25, 0.3) is 15.9 Å². The Morgan fingerprint density at radius 3 is 2.53 bits per heavy atom. The molecule has 8 heteroatoms. The van der Waals surface area contributed by atoms with Crippen LogP contribution in [0.25, 0.3) is 0 Å². The van der Waals surface area contributed by atoms with Crippen molar-refractivity contribution in [3.63, 3.8) is 0 Å². The standard InChI is InChI=1S/C24H21ClN2O4S/c25-18-12-13-22-21(15-18)27(32(29,30)19-9-2-1-3-10-19)16-23(31-22)24(28)26-14-6-8-17-7-4-5-11-20(17)26/h1-5,7,9-13,15,23H,6,8,14,16H2/t23-/m0/s1. The first-order valence-electron chi connectivity index (χ1n) is 10.4. The van der Waals surface area contributed by atoms with Gasteiger partial charge in [0.2, 0.25) is 0 Å². The van der Waals surface area contributed by atoms with Crippen LogP contribution in [0.3, 0.4) is 0 Å². The van der Waals surface area contributed by atoms with E-state index in [0.29, 0.717) is 23.0 Å². The molecule has 0 saturated carbocycles. The summed E-state index contributed by atoms with van der Waals surface area (Å²) in [4.78, 5) is 15.4. The number of sulfonamides is 1. The van der Waals surface area contributed by atoms with Crippen molar-refractivity contribution in [3.05, 3.63) is 83.4 Å². The third-order valence-corrected chi connectivity index (χ3v) is 7.80. The van der Waals surface area contributed by atoms with Gasteiger partial charge >= 0.3 is 0 Å². The van der Waals surface area contributed by atoms with E-state index in [1.54, 1.807) is 41.3 Å². The Kier molecular flexibility index (Phi) is 5.31. The molecule has 1 atom stereocenters. The van der Waals surface area contributed by atoms with Crippen molar-refractivity contribution in [1.82, 2.24) is 0 Å². The molecule has 0 saturated heterocycles. The number of anilines is 2. The van der Waals surface area contributed by atoms with E-state index < -0.39 is 16.1 Å². The lowest BCUT2D eigenvalue weighted by molar-refractivity contribution is -0.125. The van der Waals surface area contributed by atoms with Gasteiger partial charge in [0, 0.05) is 17.3 Å². The molecule has 0 bridgehead atoms. The molecule has 0 aromatic heterocycles. The quantitative estimate of drug-likeness (QED) is 0.575. The van der Waals surface area contributed by atoms with Crippen LogP contribution in [0.2, 0.25) is 5.02 Å². The average Bonchev–Trinajstić information content (AvgIpc) is 2.83. The number of carbonyl (C=O) groups excluding carboxylic acids is 1. The molecule has 32 heavy (non-hydrogen) atoms. The monoisotopic (exact) mass is 468 g/mol. The highest BCUT2D eigenvalue weighted by Gasteiger charge is 2.40. The third kappa shape index (κ3) is 3.61. The zero-order valence-corrected chi connectivity index (χ0v) is 18.7. The topological polar surface area (TPSA) is 66.9 Å². The van der Waals surface area contributed by atoms with Crippen LogP contribution < -0.4 is 13.9 Å². The Bertz CT molecular complexity index is 1280. The Hall–Kier alpha value is -3.03. The predicted octanol–water partition coefficient (Wildman–Crippen LogP) is 4.28. The molecular weight excluding hydrogens is 448 g/mol. The van der Waals surface area contributed by atoms with Gasteiger partial charge in [0.1, 0.15) is 5.75 Å². The fourth-order valence-electron chi connectivity index (χ4n) is 4.24. The van der Waals surface area contributed by atoms with E-state index in [2.05, 4.69) is 0 Å². The first-order valence-corrected chi connectivity index (χ1v) is 12.2. The van der Waals surface area contributed by atoms with Gasteiger partial charge < -0.3 is 9.64 Å². The Labute approximate surface area is 192 Å². The summed E-state index contributed by atoms with van der Waals surface area (Å²) in [5, 5.41) is 0.385. The highest BCUT2D eigenvalue weighted by atomic mass is 35.5. The highest BCUT2D eigenvalue weighted by molar-refractivity contribution is 7.92. The van der Waals surface area contributed by atoms with Gasteiger partial charge in [-0.15, -0.1) is 0 Å². The van der Waals surface area contributed by atoms with Crippen LogP contribution >= 0.6 is 11.6 Å². The van der Waals surface area contributed by atoms with Crippen molar-refractivity contribution in [3.8, 4) is 5.75 Å². The predicted molar refractivity (Wildman–Crippen MR) is 124 cm³/mol. The fourth-order valence-corrected chi connectivity index (χ4v) is 5.89. The largest absolute Gasteiger partial charge is 0.476 e. The summed E-state index contributed by atoms with van der Waals surface area (Å²) in [7, 11) is -3.93. The molecule has 0 radical (unpaired) electrons. The number of halogens is 1. The second kappa shape index (κ2) is 8.15. The first kappa shape index (κ1) is 20.8. The molecule has 0 N–H and O–H groups in total. The van der Waals surface area contributed by atoms with E-state index in [-0.39, 0.29) is 17.3 Å². The van der Waals surface area contributed by atoms with Crippen molar-refractivity contribution in [1.29, 1.82) is 0 Å². The number of benzene rings is 3. The zero-order chi connectivity index (χ0) is 22.3. The number of hydrogen-bond donors (Lipinski definition) is 0. The van der Waals surface area contributed by atoms with Gasteiger partial charge in [-0.05, 0) is 54.8 Å². The molecule has 3 aromatic rings. The summed E-state index contributed by atoms with van der Waals surface area (Å²) in [6, 6.07) is 20.7. The molecule has 6 nitrogen and oxygen atoms in total. The van der Waals surface area contributed by atoms with Crippen molar-refractivity contribution >= 4 is 38.9 Å². The van der Waals surface area contributed by atoms with E-state index >= 15 is 0 Å². The van der Waals surface area contributed by atoms with Gasteiger partial charge in [0.05, 0.1) is 17.1 Å². The number of nitrogens with zero attached hydrogens (tertiary/aromatic N) is 2. The minimum Gasteiger partial charge on any atom is -0.476 e. The zero-order valence-electron chi connectivity index (χ0n) is 17.1. The molecular formula is C24H21ClN2O4S. The molecule has 0 spiro atoms. The lowest BCUT2D eigenvalue weighted by atomic mass is 10.0. The third-order valence-electron chi connectivity index (χ3n) is 5.77. The summed E-state index contributed by atoms with van der Waals surface area (Å²) >= 11 is 6.16. The van der Waals surface area contributed by atoms with Gasteiger partial charge in [0.15, 0.2) is 6.10 Å². The summed E-state index contributed by atoms with van der Waals surface area (Å²) in [5.74, 6) is 0.0508. The van der Waals surface area contributed by atoms with Crippen molar-refractivity contribution in [2.24, 2.45) is 0 Å². The first-order chi connectivity index (χ1) is 15.4. The molecule has 3 aromatic carbocycles.